The average molecular weight is 529 g/mol. The van der Waals surface area contributed by atoms with Gasteiger partial charge >= 0.3 is 5.69 Å². The van der Waals surface area contributed by atoms with Gasteiger partial charge < -0.3 is 18.9 Å². The van der Waals surface area contributed by atoms with Crippen LogP contribution in [0.15, 0.2) is 107 Å². The number of ether oxygens (including phenoxy) is 4. The molecule has 0 aliphatic carbocycles. The van der Waals surface area contributed by atoms with E-state index in [-0.39, 0.29) is 6.61 Å². The van der Waals surface area contributed by atoms with Crippen LogP contribution in [0.3, 0.4) is 0 Å². The van der Waals surface area contributed by atoms with Gasteiger partial charge in [-0.1, -0.05) is 91.0 Å². The standard InChI is InChI=1S/C31H32N2O6/c1-22-17-33(31(35)32-29(22)34)30-28(38-20-25-15-9-4-10-16-25)27(37-19-24-13-7-3-8-14-24)26(39-30)21-36-18-23-11-5-2-6-12-23/h2-17,26-28,30H,18-21H2,1H3,(H,32,34,35)/t26-,27-,28+,30+/m1/s1. The van der Waals surface area contributed by atoms with E-state index in [0.717, 1.165) is 16.7 Å². The summed E-state index contributed by atoms with van der Waals surface area (Å²) in [5.41, 5.74) is 2.41. The number of rotatable bonds is 11. The van der Waals surface area contributed by atoms with Gasteiger partial charge in [0.15, 0.2) is 6.23 Å². The zero-order chi connectivity index (χ0) is 27.0. The fourth-order valence-electron chi connectivity index (χ4n) is 4.62. The highest BCUT2D eigenvalue weighted by atomic mass is 16.6. The number of benzene rings is 3. The highest BCUT2D eigenvalue weighted by molar-refractivity contribution is 5.15. The average Bonchev–Trinajstić information content (AvgIpc) is 3.31. The quantitative estimate of drug-likeness (QED) is 0.315. The van der Waals surface area contributed by atoms with Crippen molar-refractivity contribution in [3.05, 3.63) is 140 Å². The van der Waals surface area contributed by atoms with Crippen LogP contribution in [0, 0.1) is 6.92 Å². The number of aromatic nitrogens is 2. The predicted octanol–water partition coefficient (Wildman–Crippen LogP) is 4.13. The van der Waals surface area contributed by atoms with Crippen LogP contribution in [-0.4, -0.2) is 34.5 Å². The summed E-state index contributed by atoms with van der Waals surface area (Å²) in [6, 6.07) is 29.5. The molecule has 0 bridgehead atoms. The third-order valence-corrected chi connectivity index (χ3v) is 6.67. The van der Waals surface area contributed by atoms with Gasteiger partial charge in [0.05, 0.1) is 26.4 Å². The normalized spacial score (nSPS) is 20.7. The second-order valence-electron chi connectivity index (χ2n) is 9.57. The van der Waals surface area contributed by atoms with Crippen molar-refractivity contribution >= 4 is 0 Å². The van der Waals surface area contributed by atoms with Gasteiger partial charge in [-0.05, 0) is 23.6 Å². The molecule has 5 rings (SSSR count). The third kappa shape index (κ3) is 6.79. The first-order chi connectivity index (χ1) is 19.1. The number of hydrogen-bond donors (Lipinski definition) is 1. The molecule has 1 saturated heterocycles. The molecule has 0 radical (unpaired) electrons. The lowest BCUT2D eigenvalue weighted by Crippen LogP contribution is -2.41. The number of aryl methyl sites for hydroxylation is 1. The Morgan fingerprint density at radius 3 is 1.82 bits per heavy atom. The van der Waals surface area contributed by atoms with Crippen LogP contribution in [-0.2, 0) is 38.8 Å². The van der Waals surface area contributed by atoms with Crippen molar-refractivity contribution < 1.29 is 18.9 Å². The first-order valence-corrected chi connectivity index (χ1v) is 13.0. The van der Waals surface area contributed by atoms with Crippen LogP contribution in [0.4, 0.5) is 0 Å². The van der Waals surface area contributed by atoms with Gasteiger partial charge in [0.25, 0.3) is 5.56 Å². The van der Waals surface area contributed by atoms with Gasteiger partial charge in [-0.25, -0.2) is 4.79 Å². The molecule has 1 fully saturated rings. The highest BCUT2D eigenvalue weighted by Crippen LogP contribution is 2.34. The summed E-state index contributed by atoms with van der Waals surface area (Å²) in [6.07, 6.45) is -1.05. The van der Waals surface area contributed by atoms with Gasteiger partial charge in [-0.2, -0.15) is 0 Å². The van der Waals surface area contributed by atoms with Crippen LogP contribution in [0.25, 0.3) is 0 Å². The Morgan fingerprint density at radius 2 is 1.26 bits per heavy atom. The fourth-order valence-corrected chi connectivity index (χ4v) is 4.62. The summed E-state index contributed by atoms with van der Waals surface area (Å²) in [4.78, 5) is 27.3. The topological polar surface area (TPSA) is 91.8 Å². The number of H-pyrrole nitrogens is 1. The second kappa shape index (κ2) is 12.8. The van der Waals surface area contributed by atoms with Gasteiger partial charge in [-0.3, -0.25) is 14.3 Å². The Kier molecular flexibility index (Phi) is 8.80. The van der Waals surface area contributed by atoms with E-state index in [1.807, 2.05) is 91.0 Å². The number of aromatic amines is 1. The Bertz CT molecular complexity index is 1440. The maximum Gasteiger partial charge on any atom is 0.330 e. The first-order valence-electron chi connectivity index (χ1n) is 13.0. The molecule has 8 heteroatoms. The van der Waals surface area contributed by atoms with E-state index in [9.17, 15) is 9.59 Å². The smallest absolute Gasteiger partial charge is 0.330 e. The molecule has 0 amide bonds. The van der Waals surface area contributed by atoms with Crippen LogP contribution in [0.5, 0.6) is 0 Å². The molecule has 202 valence electrons. The SMILES string of the molecule is Cc1cn([C@H]2O[C@H](COCc3ccccc3)[C@@H](OCc3ccccc3)[C@@H]2OCc2ccccc2)c(=O)[nH]c1=O. The maximum absolute atomic E-state index is 12.9. The van der Waals surface area contributed by atoms with Crippen LogP contribution < -0.4 is 11.2 Å². The van der Waals surface area contributed by atoms with Gasteiger partial charge in [0.1, 0.15) is 18.3 Å². The molecule has 8 nitrogen and oxygen atoms in total. The molecule has 1 N–H and O–H groups in total. The molecular formula is C31H32N2O6. The molecule has 39 heavy (non-hydrogen) atoms. The minimum atomic E-state index is -0.831. The maximum atomic E-state index is 12.9. The minimum absolute atomic E-state index is 0.229. The van der Waals surface area contributed by atoms with Crippen molar-refractivity contribution in [3.63, 3.8) is 0 Å². The molecule has 0 saturated carbocycles. The van der Waals surface area contributed by atoms with E-state index >= 15 is 0 Å². The minimum Gasteiger partial charge on any atom is -0.374 e. The number of hydrogen-bond acceptors (Lipinski definition) is 6. The molecule has 1 aliphatic heterocycles. The predicted molar refractivity (Wildman–Crippen MR) is 146 cm³/mol. The molecule has 3 aromatic carbocycles. The summed E-state index contributed by atoms with van der Waals surface area (Å²) in [5.74, 6) is 0. The van der Waals surface area contributed by atoms with Crippen molar-refractivity contribution in [2.75, 3.05) is 6.61 Å². The first kappa shape index (κ1) is 26.8. The van der Waals surface area contributed by atoms with Crippen molar-refractivity contribution in [1.29, 1.82) is 0 Å². The summed E-state index contributed by atoms with van der Waals surface area (Å²) in [7, 11) is 0. The highest BCUT2D eigenvalue weighted by Gasteiger charge is 2.48. The Labute approximate surface area is 226 Å². The van der Waals surface area contributed by atoms with E-state index in [4.69, 9.17) is 18.9 Å². The number of nitrogens with one attached hydrogen (secondary N) is 1. The Morgan fingerprint density at radius 1 is 0.744 bits per heavy atom. The fraction of sp³-hybridized carbons (Fsp3) is 0.290. The van der Waals surface area contributed by atoms with E-state index in [1.165, 1.54) is 10.8 Å². The van der Waals surface area contributed by atoms with Gasteiger partial charge in [0.2, 0.25) is 0 Å². The van der Waals surface area contributed by atoms with Crippen LogP contribution in [0.1, 0.15) is 28.5 Å². The summed E-state index contributed by atoms with van der Waals surface area (Å²) >= 11 is 0. The molecule has 2 heterocycles. The van der Waals surface area contributed by atoms with Crippen molar-refractivity contribution in [3.8, 4) is 0 Å². The van der Waals surface area contributed by atoms with Crippen LogP contribution >= 0.6 is 0 Å². The summed E-state index contributed by atoms with van der Waals surface area (Å²) < 4.78 is 26.7. The van der Waals surface area contributed by atoms with Crippen molar-refractivity contribution in [2.24, 2.45) is 0 Å². The van der Waals surface area contributed by atoms with Gasteiger partial charge in [-0.15, -0.1) is 0 Å². The zero-order valence-corrected chi connectivity index (χ0v) is 21.8. The van der Waals surface area contributed by atoms with E-state index < -0.39 is 35.8 Å². The van der Waals surface area contributed by atoms with Gasteiger partial charge in [0, 0.05) is 11.8 Å². The molecule has 1 aromatic heterocycles. The molecule has 1 aliphatic rings. The third-order valence-electron chi connectivity index (χ3n) is 6.67. The lowest BCUT2D eigenvalue weighted by Gasteiger charge is -2.25. The molecule has 0 unspecified atom stereocenters. The lowest BCUT2D eigenvalue weighted by molar-refractivity contribution is -0.0921. The molecular weight excluding hydrogens is 496 g/mol. The van der Waals surface area contributed by atoms with Crippen LogP contribution in [0.2, 0.25) is 0 Å². The summed E-state index contributed by atoms with van der Waals surface area (Å²) in [6.45, 7) is 2.91. The molecule has 0 spiro atoms. The Hall–Kier alpha value is -3.82. The second-order valence-corrected chi connectivity index (χ2v) is 9.57. The molecule has 4 atom stereocenters. The van der Waals surface area contributed by atoms with E-state index in [0.29, 0.717) is 25.4 Å². The lowest BCUT2D eigenvalue weighted by atomic mass is 10.1. The summed E-state index contributed by atoms with van der Waals surface area (Å²) in [5, 5.41) is 0. The van der Waals surface area contributed by atoms with Crippen molar-refractivity contribution in [2.45, 2.75) is 51.3 Å². The van der Waals surface area contributed by atoms with E-state index in [2.05, 4.69) is 4.98 Å². The van der Waals surface area contributed by atoms with E-state index in [1.54, 1.807) is 6.92 Å². The Balaban J connectivity index is 1.43. The zero-order valence-electron chi connectivity index (χ0n) is 21.8. The monoisotopic (exact) mass is 528 g/mol. The van der Waals surface area contributed by atoms with Crippen molar-refractivity contribution in [1.82, 2.24) is 9.55 Å². The number of nitrogens with zero attached hydrogens (tertiary/aromatic N) is 1. The molecule has 4 aromatic rings. The largest absolute Gasteiger partial charge is 0.374 e.